The first-order valence-corrected chi connectivity index (χ1v) is 7.44. The number of halogens is 3. The lowest BCUT2D eigenvalue weighted by Crippen LogP contribution is -2.33. The van der Waals surface area contributed by atoms with Crippen LogP contribution in [-0.2, 0) is 12.7 Å². The molecule has 0 aliphatic carbocycles. The number of methoxy groups -OCH3 is 1. The van der Waals surface area contributed by atoms with Crippen LogP contribution in [0.25, 0.3) is 0 Å². The van der Waals surface area contributed by atoms with Gasteiger partial charge in [0.2, 0.25) is 0 Å². The van der Waals surface area contributed by atoms with Gasteiger partial charge in [-0.2, -0.15) is 18.3 Å². The lowest BCUT2D eigenvalue weighted by Gasteiger charge is -2.18. The minimum Gasteiger partial charge on any atom is -0.497 e. The van der Waals surface area contributed by atoms with E-state index in [2.05, 4.69) is 10.4 Å². The Morgan fingerprint density at radius 1 is 1.32 bits per heavy atom. The topological polar surface area (TPSA) is 76.4 Å². The largest absolute Gasteiger partial charge is 0.497 e. The molecule has 0 aliphatic heterocycles. The number of nitrogens with one attached hydrogen (secondary N) is 1. The van der Waals surface area contributed by atoms with Gasteiger partial charge in [0.25, 0.3) is 5.56 Å². The molecule has 0 aliphatic rings. The van der Waals surface area contributed by atoms with E-state index in [0.717, 1.165) is 10.9 Å². The second-order valence-electron chi connectivity index (χ2n) is 5.47. The summed E-state index contributed by atoms with van der Waals surface area (Å²) in [7, 11) is 1.50. The molecule has 136 valence electrons. The number of alkyl halides is 3. The molecule has 0 spiro atoms. The zero-order valence-corrected chi connectivity index (χ0v) is 13.7. The van der Waals surface area contributed by atoms with E-state index in [1.165, 1.54) is 14.0 Å². The highest BCUT2D eigenvalue weighted by molar-refractivity contribution is 5.50. The Hall–Kier alpha value is -2.55. The second-order valence-corrected chi connectivity index (χ2v) is 5.47. The molecule has 1 heterocycles. The predicted molar refractivity (Wildman–Crippen MR) is 85.8 cm³/mol. The maximum Gasteiger partial charge on any atom is 0.423 e. The Kier molecular flexibility index (Phi) is 5.68. The van der Waals surface area contributed by atoms with Gasteiger partial charge in [-0.25, -0.2) is 4.68 Å². The third kappa shape index (κ3) is 4.50. The van der Waals surface area contributed by atoms with Crippen molar-refractivity contribution in [1.29, 1.82) is 0 Å². The first-order chi connectivity index (χ1) is 11.8. The maximum atomic E-state index is 13.3. The zero-order chi connectivity index (χ0) is 18.6. The first kappa shape index (κ1) is 18.8. The number of aliphatic hydroxyl groups excluding tert-OH is 1. The Balaban J connectivity index is 2.41. The molecule has 1 aromatic heterocycles. The SMILES string of the molecule is COc1ccc(Cn2ncc(N[C@H](C)CO)c(C(F)(F)F)c2=O)cc1. The summed E-state index contributed by atoms with van der Waals surface area (Å²) in [5.41, 5.74) is -2.44. The molecule has 0 radical (unpaired) electrons. The smallest absolute Gasteiger partial charge is 0.423 e. The number of benzene rings is 1. The molecule has 2 aromatic rings. The van der Waals surface area contributed by atoms with Crippen molar-refractivity contribution < 1.29 is 23.0 Å². The molecule has 0 amide bonds. The lowest BCUT2D eigenvalue weighted by atomic mass is 10.2. The van der Waals surface area contributed by atoms with Crippen molar-refractivity contribution in [3.8, 4) is 5.75 Å². The zero-order valence-electron chi connectivity index (χ0n) is 13.7. The van der Waals surface area contributed by atoms with Crippen LogP contribution >= 0.6 is 0 Å². The minimum atomic E-state index is -4.85. The molecule has 6 nitrogen and oxygen atoms in total. The molecule has 0 saturated heterocycles. The van der Waals surface area contributed by atoms with E-state index >= 15 is 0 Å². The molecular formula is C16H18F3N3O3. The van der Waals surface area contributed by atoms with E-state index in [4.69, 9.17) is 9.84 Å². The number of anilines is 1. The minimum absolute atomic E-state index is 0.109. The molecule has 0 unspecified atom stereocenters. The summed E-state index contributed by atoms with van der Waals surface area (Å²) < 4.78 is 45.7. The normalized spacial score (nSPS) is 12.7. The van der Waals surface area contributed by atoms with Gasteiger partial charge in [0.15, 0.2) is 0 Å². The van der Waals surface area contributed by atoms with Gasteiger partial charge in [0, 0.05) is 6.04 Å². The fourth-order valence-corrected chi connectivity index (χ4v) is 2.20. The summed E-state index contributed by atoms with van der Waals surface area (Å²) in [6.07, 6.45) is -3.90. The Morgan fingerprint density at radius 3 is 2.48 bits per heavy atom. The van der Waals surface area contributed by atoms with Gasteiger partial charge in [-0.1, -0.05) is 12.1 Å². The first-order valence-electron chi connectivity index (χ1n) is 7.44. The molecule has 25 heavy (non-hydrogen) atoms. The Bertz CT molecular complexity index is 773. The number of hydrogen-bond acceptors (Lipinski definition) is 5. The van der Waals surface area contributed by atoms with E-state index in [0.29, 0.717) is 11.3 Å². The summed E-state index contributed by atoms with van der Waals surface area (Å²) in [4.78, 5) is 12.3. The maximum absolute atomic E-state index is 13.3. The highest BCUT2D eigenvalue weighted by atomic mass is 19.4. The highest BCUT2D eigenvalue weighted by Gasteiger charge is 2.38. The van der Waals surface area contributed by atoms with Gasteiger partial charge in [0.1, 0.15) is 11.3 Å². The van der Waals surface area contributed by atoms with Gasteiger partial charge < -0.3 is 15.2 Å². The molecule has 0 bridgehead atoms. The van der Waals surface area contributed by atoms with Gasteiger partial charge in [0.05, 0.1) is 32.1 Å². The van der Waals surface area contributed by atoms with Crippen LogP contribution in [0.4, 0.5) is 18.9 Å². The van der Waals surface area contributed by atoms with Gasteiger partial charge in [-0.3, -0.25) is 4.79 Å². The van der Waals surface area contributed by atoms with Gasteiger partial charge in [-0.15, -0.1) is 0 Å². The van der Waals surface area contributed by atoms with Crippen LogP contribution in [0.5, 0.6) is 5.75 Å². The lowest BCUT2D eigenvalue weighted by molar-refractivity contribution is -0.138. The number of aromatic nitrogens is 2. The Labute approximate surface area is 141 Å². The predicted octanol–water partition coefficient (Wildman–Crippen LogP) is 2.11. The average Bonchev–Trinajstić information content (AvgIpc) is 2.56. The van der Waals surface area contributed by atoms with Crippen LogP contribution in [0, 0.1) is 0 Å². The van der Waals surface area contributed by atoms with E-state index in [1.54, 1.807) is 24.3 Å². The third-order valence-corrected chi connectivity index (χ3v) is 3.49. The van der Waals surface area contributed by atoms with Crippen molar-refractivity contribution in [2.24, 2.45) is 0 Å². The van der Waals surface area contributed by atoms with Crippen molar-refractivity contribution in [2.75, 3.05) is 19.0 Å². The summed E-state index contributed by atoms with van der Waals surface area (Å²) in [5, 5.41) is 15.3. The standard InChI is InChI=1S/C16H18F3N3O3/c1-10(9-23)21-13-7-20-22(15(24)14(13)16(17,18)19)8-11-3-5-12(25-2)6-4-11/h3-7,10,21,23H,8-9H2,1-2H3/t10-/m1/s1. The number of aliphatic hydroxyl groups is 1. The summed E-state index contributed by atoms with van der Waals surface area (Å²) >= 11 is 0. The van der Waals surface area contributed by atoms with Crippen LogP contribution in [0.1, 0.15) is 18.1 Å². The van der Waals surface area contributed by atoms with E-state index in [-0.39, 0.29) is 13.2 Å². The summed E-state index contributed by atoms with van der Waals surface area (Å²) in [6.45, 7) is 0.997. The highest BCUT2D eigenvalue weighted by Crippen LogP contribution is 2.32. The Morgan fingerprint density at radius 2 is 1.96 bits per heavy atom. The number of nitrogens with zero attached hydrogens (tertiary/aromatic N) is 2. The second kappa shape index (κ2) is 7.56. The van der Waals surface area contributed by atoms with Crippen LogP contribution in [-0.4, -0.2) is 34.6 Å². The number of rotatable bonds is 6. The molecule has 1 atom stereocenters. The fourth-order valence-electron chi connectivity index (χ4n) is 2.20. The van der Waals surface area contributed by atoms with E-state index in [1.807, 2.05) is 0 Å². The van der Waals surface area contributed by atoms with Gasteiger partial charge >= 0.3 is 6.18 Å². The molecule has 0 fully saturated rings. The monoisotopic (exact) mass is 357 g/mol. The quantitative estimate of drug-likeness (QED) is 0.828. The van der Waals surface area contributed by atoms with Crippen LogP contribution in [0.2, 0.25) is 0 Å². The van der Waals surface area contributed by atoms with Crippen molar-refractivity contribution >= 4 is 5.69 Å². The third-order valence-electron chi connectivity index (χ3n) is 3.49. The molecule has 2 rings (SSSR count). The van der Waals surface area contributed by atoms with Crippen molar-refractivity contribution in [1.82, 2.24) is 9.78 Å². The van der Waals surface area contributed by atoms with Crippen LogP contribution < -0.4 is 15.6 Å². The number of ether oxygens (including phenoxy) is 1. The fraction of sp³-hybridized carbons (Fsp3) is 0.375. The molecule has 9 heteroatoms. The van der Waals surface area contributed by atoms with Gasteiger partial charge in [-0.05, 0) is 24.6 Å². The van der Waals surface area contributed by atoms with Crippen molar-refractivity contribution in [3.05, 3.63) is 51.9 Å². The van der Waals surface area contributed by atoms with Crippen molar-refractivity contribution in [2.45, 2.75) is 25.7 Å². The van der Waals surface area contributed by atoms with Crippen LogP contribution in [0.3, 0.4) is 0 Å². The van der Waals surface area contributed by atoms with E-state index < -0.39 is 29.0 Å². The average molecular weight is 357 g/mol. The summed E-state index contributed by atoms with van der Waals surface area (Å²) in [5.74, 6) is 0.595. The summed E-state index contributed by atoms with van der Waals surface area (Å²) in [6, 6.07) is 5.91. The van der Waals surface area contributed by atoms with Crippen LogP contribution in [0.15, 0.2) is 35.3 Å². The molecular weight excluding hydrogens is 339 g/mol. The molecule has 1 aromatic carbocycles. The van der Waals surface area contributed by atoms with Crippen molar-refractivity contribution in [3.63, 3.8) is 0 Å². The molecule has 2 N–H and O–H groups in total. The number of hydrogen-bond donors (Lipinski definition) is 2. The molecule has 0 saturated carbocycles. The van der Waals surface area contributed by atoms with E-state index in [9.17, 15) is 18.0 Å².